The van der Waals surface area contributed by atoms with Gasteiger partial charge >= 0.3 is 0 Å². The van der Waals surface area contributed by atoms with Gasteiger partial charge in [0.15, 0.2) is 5.78 Å². The van der Waals surface area contributed by atoms with Crippen molar-refractivity contribution >= 4 is 5.78 Å². The Hall–Kier alpha value is -1.15. The summed E-state index contributed by atoms with van der Waals surface area (Å²) in [6, 6.07) is 9.49. The van der Waals surface area contributed by atoms with Crippen molar-refractivity contribution in [2.75, 3.05) is 0 Å². The Morgan fingerprint density at radius 2 is 2.06 bits per heavy atom. The molecule has 0 amide bonds. The Balaban J connectivity index is 1.80. The minimum absolute atomic E-state index is 0.226. The van der Waals surface area contributed by atoms with Gasteiger partial charge in [-0.15, -0.1) is 0 Å². The molecule has 0 radical (unpaired) electrons. The van der Waals surface area contributed by atoms with Crippen molar-refractivity contribution in [3.05, 3.63) is 35.9 Å². The van der Waals surface area contributed by atoms with Crippen LogP contribution in [-0.4, -0.2) is 18.0 Å². The van der Waals surface area contributed by atoms with Crippen LogP contribution in [-0.2, 0) is 4.74 Å². The molecular weight excluding hydrogens is 200 g/mol. The smallest absolute Gasteiger partial charge is 0.162 e. The predicted octanol–water partition coefficient (Wildman–Crippen LogP) is 3.22. The Labute approximate surface area is 96.6 Å². The lowest BCUT2D eigenvalue weighted by molar-refractivity contribution is 0.0485. The van der Waals surface area contributed by atoms with Gasteiger partial charge in [-0.3, -0.25) is 4.79 Å². The molecule has 86 valence electrons. The first kappa shape index (κ1) is 11.3. The Kier molecular flexibility index (Phi) is 3.73. The van der Waals surface area contributed by atoms with E-state index in [1.54, 1.807) is 0 Å². The Bertz CT molecular complexity index is 345. The molecule has 1 aliphatic rings. The van der Waals surface area contributed by atoms with Crippen molar-refractivity contribution in [1.29, 1.82) is 0 Å². The minimum Gasteiger partial charge on any atom is -0.375 e. The van der Waals surface area contributed by atoms with E-state index in [2.05, 4.69) is 6.92 Å². The van der Waals surface area contributed by atoms with E-state index >= 15 is 0 Å². The number of benzene rings is 1. The van der Waals surface area contributed by atoms with Crippen LogP contribution < -0.4 is 0 Å². The number of Topliss-reactive ketones (excluding diaryl/α,β-unsaturated/α-hetero) is 1. The molecule has 0 N–H and O–H groups in total. The number of hydrogen-bond acceptors (Lipinski definition) is 2. The number of carbonyl (C=O) groups is 1. The van der Waals surface area contributed by atoms with Gasteiger partial charge < -0.3 is 4.74 Å². The molecule has 2 unspecified atom stereocenters. The lowest BCUT2D eigenvalue weighted by Gasteiger charge is -2.10. The van der Waals surface area contributed by atoms with Crippen LogP contribution in [0.3, 0.4) is 0 Å². The topological polar surface area (TPSA) is 26.3 Å². The molecule has 2 nitrogen and oxygen atoms in total. The fourth-order valence-electron chi connectivity index (χ4n) is 2.16. The maximum atomic E-state index is 11.8. The molecule has 1 aliphatic heterocycles. The summed E-state index contributed by atoms with van der Waals surface area (Å²) in [6.07, 6.45) is 4.35. The second-order valence-electron chi connectivity index (χ2n) is 4.47. The third kappa shape index (κ3) is 2.92. The highest BCUT2D eigenvalue weighted by atomic mass is 16.5. The van der Waals surface area contributed by atoms with Crippen LogP contribution >= 0.6 is 0 Å². The number of rotatable bonds is 4. The summed E-state index contributed by atoms with van der Waals surface area (Å²) in [5.74, 6) is 0.226. The molecule has 0 aromatic heterocycles. The highest BCUT2D eigenvalue weighted by molar-refractivity contribution is 5.95. The third-order valence-corrected chi connectivity index (χ3v) is 3.11. The van der Waals surface area contributed by atoms with Crippen molar-refractivity contribution in [2.24, 2.45) is 0 Å². The molecule has 2 rings (SSSR count). The van der Waals surface area contributed by atoms with Gasteiger partial charge in [-0.05, 0) is 26.2 Å². The van der Waals surface area contributed by atoms with Crippen molar-refractivity contribution in [3.8, 4) is 0 Å². The maximum absolute atomic E-state index is 11.8. The molecular formula is C14H18O2. The molecule has 0 bridgehead atoms. The predicted molar refractivity (Wildman–Crippen MR) is 63.6 cm³/mol. The molecule has 1 fully saturated rings. The quantitative estimate of drug-likeness (QED) is 0.725. The molecule has 2 heteroatoms. The van der Waals surface area contributed by atoms with Crippen molar-refractivity contribution in [3.63, 3.8) is 0 Å². The van der Waals surface area contributed by atoms with Gasteiger partial charge in [0.25, 0.3) is 0 Å². The van der Waals surface area contributed by atoms with Gasteiger partial charge in [0, 0.05) is 12.0 Å². The van der Waals surface area contributed by atoms with Gasteiger partial charge in [-0.25, -0.2) is 0 Å². The van der Waals surface area contributed by atoms with Crippen LogP contribution in [0, 0.1) is 0 Å². The molecule has 1 aromatic carbocycles. The molecule has 16 heavy (non-hydrogen) atoms. The normalized spacial score (nSPS) is 24.6. The average Bonchev–Trinajstić information content (AvgIpc) is 2.73. The molecule has 2 atom stereocenters. The summed E-state index contributed by atoms with van der Waals surface area (Å²) in [5.41, 5.74) is 0.813. The van der Waals surface area contributed by atoms with Crippen LogP contribution in [0.1, 0.15) is 43.0 Å². The van der Waals surface area contributed by atoms with E-state index < -0.39 is 0 Å². The number of hydrogen-bond donors (Lipinski definition) is 0. The first-order valence-electron chi connectivity index (χ1n) is 5.99. The number of ketones is 1. The Morgan fingerprint density at radius 1 is 1.31 bits per heavy atom. The van der Waals surface area contributed by atoms with Crippen molar-refractivity contribution in [1.82, 2.24) is 0 Å². The SMILES string of the molecule is CC1CCC(CCC(=O)c2ccccc2)O1. The summed E-state index contributed by atoms with van der Waals surface area (Å²) in [4.78, 5) is 11.8. The van der Waals surface area contributed by atoms with Gasteiger partial charge in [0.1, 0.15) is 0 Å². The van der Waals surface area contributed by atoms with Crippen molar-refractivity contribution in [2.45, 2.75) is 44.8 Å². The van der Waals surface area contributed by atoms with Crippen LogP contribution in [0.2, 0.25) is 0 Å². The molecule has 1 aromatic rings. The van der Waals surface area contributed by atoms with Gasteiger partial charge in [-0.1, -0.05) is 30.3 Å². The number of ether oxygens (including phenoxy) is 1. The maximum Gasteiger partial charge on any atom is 0.162 e. The van der Waals surface area contributed by atoms with E-state index in [0.717, 1.165) is 24.8 Å². The highest BCUT2D eigenvalue weighted by Gasteiger charge is 2.22. The lowest BCUT2D eigenvalue weighted by Crippen LogP contribution is -2.10. The minimum atomic E-state index is 0.226. The molecule has 0 aliphatic carbocycles. The zero-order chi connectivity index (χ0) is 11.4. The van der Waals surface area contributed by atoms with Crippen LogP contribution in [0.4, 0.5) is 0 Å². The van der Waals surface area contributed by atoms with E-state index in [0.29, 0.717) is 18.6 Å². The fourth-order valence-corrected chi connectivity index (χ4v) is 2.16. The van der Waals surface area contributed by atoms with Crippen LogP contribution in [0.5, 0.6) is 0 Å². The summed E-state index contributed by atoms with van der Waals surface area (Å²) < 4.78 is 5.70. The first-order chi connectivity index (χ1) is 7.75. The summed E-state index contributed by atoms with van der Waals surface area (Å²) in [7, 11) is 0. The molecule has 1 saturated heterocycles. The third-order valence-electron chi connectivity index (χ3n) is 3.11. The van der Waals surface area contributed by atoms with Gasteiger partial charge in [-0.2, -0.15) is 0 Å². The summed E-state index contributed by atoms with van der Waals surface area (Å²) in [6.45, 7) is 2.10. The van der Waals surface area contributed by atoms with Crippen LogP contribution in [0.25, 0.3) is 0 Å². The van der Waals surface area contributed by atoms with Crippen molar-refractivity contribution < 1.29 is 9.53 Å². The second-order valence-corrected chi connectivity index (χ2v) is 4.47. The van der Waals surface area contributed by atoms with E-state index in [1.165, 1.54) is 0 Å². The number of carbonyl (C=O) groups excluding carboxylic acids is 1. The van der Waals surface area contributed by atoms with E-state index in [9.17, 15) is 4.79 Å². The monoisotopic (exact) mass is 218 g/mol. The second kappa shape index (κ2) is 5.26. The van der Waals surface area contributed by atoms with E-state index in [-0.39, 0.29) is 5.78 Å². The van der Waals surface area contributed by atoms with E-state index in [1.807, 2.05) is 30.3 Å². The summed E-state index contributed by atoms with van der Waals surface area (Å²) >= 11 is 0. The summed E-state index contributed by atoms with van der Waals surface area (Å²) in [5, 5.41) is 0. The fraction of sp³-hybridized carbons (Fsp3) is 0.500. The average molecular weight is 218 g/mol. The van der Waals surface area contributed by atoms with E-state index in [4.69, 9.17) is 4.74 Å². The zero-order valence-corrected chi connectivity index (χ0v) is 9.69. The van der Waals surface area contributed by atoms with Crippen LogP contribution in [0.15, 0.2) is 30.3 Å². The highest BCUT2D eigenvalue weighted by Crippen LogP contribution is 2.23. The molecule has 0 spiro atoms. The largest absolute Gasteiger partial charge is 0.375 e. The molecule has 0 saturated carbocycles. The molecule has 1 heterocycles. The standard InChI is InChI=1S/C14H18O2/c1-11-7-8-13(16-11)9-10-14(15)12-5-3-2-4-6-12/h2-6,11,13H,7-10H2,1H3. The first-order valence-corrected chi connectivity index (χ1v) is 5.99. The van der Waals surface area contributed by atoms with Gasteiger partial charge in [0.05, 0.1) is 12.2 Å². The zero-order valence-electron chi connectivity index (χ0n) is 9.69. The lowest BCUT2D eigenvalue weighted by atomic mass is 10.0. The van der Waals surface area contributed by atoms with Gasteiger partial charge in [0.2, 0.25) is 0 Å². The Morgan fingerprint density at radius 3 is 2.69 bits per heavy atom.